The molecular formula is C41H75NO2. The SMILES string of the molecule is CCCCC/C=C\C/C=C\CCCCCCCCCCN(CCCCCCCCCC/C=C\C/C=C\CCCCC)C(=O)O. The molecule has 0 bridgehead atoms. The van der Waals surface area contributed by atoms with Gasteiger partial charge in [-0.05, 0) is 77.0 Å². The Bertz CT molecular complexity index is 641. The van der Waals surface area contributed by atoms with Crippen LogP contribution in [0.4, 0.5) is 4.79 Å². The van der Waals surface area contributed by atoms with Crippen molar-refractivity contribution in [2.45, 2.75) is 194 Å². The minimum atomic E-state index is -0.737. The summed E-state index contributed by atoms with van der Waals surface area (Å²) in [6, 6.07) is 0. The highest BCUT2D eigenvalue weighted by Gasteiger charge is 2.10. The smallest absolute Gasteiger partial charge is 0.407 e. The first kappa shape index (κ1) is 42.2. The number of rotatable bonds is 34. The molecule has 0 radical (unpaired) electrons. The average molecular weight is 614 g/mol. The Hall–Kier alpha value is -1.77. The second-order valence-corrected chi connectivity index (χ2v) is 12.9. The van der Waals surface area contributed by atoms with E-state index >= 15 is 0 Å². The van der Waals surface area contributed by atoms with Crippen molar-refractivity contribution in [1.29, 1.82) is 0 Å². The molecule has 1 N–H and O–H groups in total. The molecule has 0 aromatic carbocycles. The molecule has 256 valence electrons. The lowest BCUT2D eigenvalue weighted by Gasteiger charge is -2.19. The summed E-state index contributed by atoms with van der Waals surface area (Å²) >= 11 is 0. The van der Waals surface area contributed by atoms with Crippen LogP contribution in [0.2, 0.25) is 0 Å². The van der Waals surface area contributed by atoms with Gasteiger partial charge in [0.25, 0.3) is 0 Å². The minimum absolute atomic E-state index is 0.708. The van der Waals surface area contributed by atoms with E-state index in [1.165, 1.54) is 141 Å². The fraction of sp³-hybridized carbons (Fsp3) is 0.780. The van der Waals surface area contributed by atoms with Crippen LogP contribution in [0.3, 0.4) is 0 Å². The molecule has 0 unspecified atom stereocenters. The molecule has 0 aliphatic rings. The molecule has 0 fully saturated rings. The van der Waals surface area contributed by atoms with Crippen molar-refractivity contribution in [2.24, 2.45) is 0 Å². The van der Waals surface area contributed by atoms with Crippen LogP contribution in [-0.2, 0) is 0 Å². The van der Waals surface area contributed by atoms with Gasteiger partial charge in [0.1, 0.15) is 0 Å². The van der Waals surface area contributed by atoms with E-state index in [1.807, 2.05) is 0 Å². The van der Waals surface area contributed by atoms with E-state index in [9.17, 15) is 9.90 Å². The Balaban J connectivity index is 3.49. The van der Waals surface area contributed by atoms with Crippen molar-refractivity contribution in [3.8, 4) is 0 Å². The van der Waals surface area contributed by atoms with Crippen molar-refractivity contribution in [2.75, 3.05) is 13.1 Å². The molecule has 0 heterocycles. The first-order valence-corrected chi connectivity index (χ1v) is 19.3. The molecular weight excluding hydrogens is 538 g/mol. The van der Waals surface area contributed by atoms with E-state index < -0.39 is 6.09 Å². The van der Waals surface area contributed by atoms with Gasteiger partial charge in [-0.2, -0.15) is 0 Å². The zero-order chi connectivity index (χ0) is 32.0. The summed E-state index contributed by atoms with van der Waals surface area (Å²) in [4.78, 5) is 13.3. The van der Waals surface area contributed by atoms with E-state index in [1.54, 1.807) is 4.90 Å². The van der Waals surface area contributed by atoms with Crippen LogP contribution in [-0.4, -0.2) is 29.2 Å². The first-order valence-electron chi connectivity index (χ1n) is 19.3. The number of amides is 1. The van der Waals surface area contributed by atoms with Crippen molar-refractivity contribution in [3.63, 3.8) is 0 Å². The lowest BCUT2D eigenvalue weighted by molar-refractivity contribution is 0.143. The van der Waals surface area contributed by atoms with Gasteiger partial charge in [0, 0.05) is 13.1 Å². The van der Waals surface area contributed by atoms with E-state index in [2.05, 4.69) is 62.5 Å². The predicted octanol–water partition coefficient (Wildman–Crippen LogP) is 14.2. The molecule has 3 nitrogen and oxygen atoms in total. The lowest BCUT2D eigenvalue weighted by atomic mass is 10.1. The summed E-state index contributed by atoms with van der Waals surface area (Å²) in [5.74, 6) is 0. The van der Waals surface area contributed by atoms with E-state index in [4.69, 9.17) is 0 Å². The van der Waals surface area contributed by atoms with Gasteiger partial charge in [-0.25, -0.2) is 4.79 Å². The van der Waals surface area contributed by atoms with Crippen LogP contribution in [0, 0.1) is 0 Å². The van der Waals surface area contributed by atoms with Gasteiger partial charge in [-0.1, -0.05) is 165 Å². The van der Waals surface area contributed by atoms with Gasteiger partial charge in [-0.15, -0.1) is 0 Å². The van der Waals surface area contributed by atoms with Crippen LogP contribution in [0.1, 0.15) is 194 Å². The Morgan fingerprint density at radius 2 is 0.682 bits per heavy atom. The number of allylic oxidation sites excluding steroid dienone is 8. The number of hydrogen-bond donors (Lipinski definition) is 1. The second kappa shape index (κ2) is 37.4. The molecule has 0 atom stereocenters. The number of carboxylic acid groups (broad SMARTS) is 1. The molecule has 0 rings (SSSR count). The lowest BCUT2D eigenvalue weighted by Crippen LogP contribution is -2.31. The standard InChI is InChI=1S/C41H75NO2/c1-3-5-7-9-11-13-15-17-19-21-23-25-27-29-31-33-35-37-39-42(41(43)44)40-38-36-34-32-30-28-26-24-22-20-18-16-14-12-10-8-6-4-2/h11-14,17-20H,3-10,15-16,21-40H2,1-2H3,(H,43,44)/b13-11-,14-12-,19-17-,20-18-. The molecule has 1 amide bonds. The van der Waals surface area contributed by atoms with E-state index in [0.717, 1.165) is 38.5 Å². The van der Waals surface area contributed by atoms with Crippen LogP contribution >= 0.6 is 0 Å². The highest BCUT2D eigenvalue weighted by atomic mass is 16.4. The van der Waals surface area contributed by atoms with Crippen molar-refractivity contribution in [1.82, 2.24) is 4.90 Å². The highest BCUT2D eigenvalue weighted by molar-refractivity contribution is 5.64. The second-order valence-electron chi connectivity index (χ2n) is 12.9. The number of nitrogens with zero attached hydrogens (tertiary/aromatic N) is 1. The minimum Gasteiger partial charge on any atom is -0.465 e. The van der Waals surface area contributed by atoms with E-state index in [-0.39, 0.29) is 0 Å². The van der Waals surface area contributed by atoms with Crippen LogP contribution in [0.5, 0.6) is 0 Å². The van der Waals surface area contributed by atoms with Crippen LogP contribution in [0.25, 0.3) is 0 Å². The number of hydrogen-bond acceptors (Lipinski definition) is 1. The summed E-state index contributed by atoms with van der Waals surface area (Å²) in [7, 11) is 0. The summed E-state index contributed by atoms with van der Waals surface area (Å²) in [5, 5.41) is 9.57. The quantitative estimate of drug-likeness (QED) is 0.0579. The third kappa shape index (κ3) is 34.7. The fourth-order valence-electron chi connectivity index (χ4n) is 5.59. The van der Waals surface area contributed by atoms with Gasteiger partial charge in [0.2, 0.25) is 0 Å². The van der Waals surface area contributed by atoms with E-state index in [0.29, 0.717) is 13.1 Å². The monoisotopic (exact) mass is 614 g/mol. The summed E-state index contributed by atoms with van der Waals surface area (Å²) in [6.07, 6.45) is 52.9. The molecule has 0 aromatic heterocycles. The van der Waals surface area contributed by atoms with Crippen molar-refractivity contribution < 1.29 is 9.90 Å². The molecule has 0 aromatic rings. The third-order valence-corrected chi connectivity index (χ3v) is 8.53. The van der Waals surface area contributed by atoms with Gasteiger partial charge in [0.15, 0.2) is 0 Å². The molecule has 44 heavy (non-hydrogen) atoms. The maximum absolute atomic E-state index is 11.6. The molecule has 0 aliphatic carbocycles. The van der Waals surface area contributed by atoms with Crippen LogP contribution in [0.15, 0.2) is 48.6 Å². The van der Waals surface area contributed by atoms with Crippen molar-refractivity contribution in [3.05, 3.63) is 48.6 Å². The third-order valence-electron chi connectivity index (χ3n) is 8.53. The van der Waals surface area contributed by atoms with Crippen LogP contribution < -0.4 is 0 Å². The largest absolute Gasteiger partial charge is 0.465 e. The zero-order valence-electron chi connectivity index (χ0n) is 29.6. The number of carbonyl (C=O) groups is 1. The Morgan fingerprint density at radius 1 is 0.409 bits per heavy atom. The summed E-state index contributed by atoms with van der Waals surface area (Å²) < 4.78 is 0. The molecule has 0 saturated carbocycles. The maximum Gasteiger partial charge on any atom is 0.407 e. The Kier molecular flexibility index (Phi) is 35.9. The Morgan fingerprint density at radius 3 is 0.977 bits per heavy atom. The first-order chi connectivity index (χ1) is 21.7. The van der Waals surface area contributed by atoms with Gasteiger partial charge in [-0.3, -0.25) is 0 Å². The highest BCUT2D eigenvalue weighted by Crippen LogP contribution is 2.13. The Labute approximate surface area is 275 Å². The molecule has 0 spiro atoms. The number of unbranched alkanes of at least 4 members (excludes halogenated alkanes) is 22. The zero-order valence-corrected chi connectivity index (χ0v) is 29.6. The fourth-order valence-corrected chi connectivity index (χ4v) is 5.59. The summed E-state index contributed by atoms with van der Waals surface area (Å²) in [5.41, 5.74) is 0. The van der Waals surface area contributed by atoms with Gasteiger partial charge in [0.05, 0.1) is 0 Å². The normalized spacial score (nSPS) is 12.1. The predicted molar refractivity (Wildman–Crippen MR) is 197 cm³/mol. The van der Waals surface area contributed by atoms with Crippen molar-refractivity contribution >= 4 is 6.09 Å². The average Bonchev–Trinajstić information content (AvgIpc) is 3.02. The van der Waals surface area contributed by atoms with Gasteiger partial charge < -0.3 is 10.0 Å². The van der Waals surface area contributed by atoms with Gasteiger partial charge >= 0.3 is 6.09 Å². The maximum atomic E-state index is 11.6. The topological polar surface area (TPSA) is 40.5 Å². The molecule has 0 saturated heterocycles. The molecule has 0 aliphatic heterocycles. The summed E-state index contributed by atoms with van der Waals surface area (Å²) in [6.45, 7) is 5.93. The molecule has 3 heteroatoms.